The Labute approximate surface area is 425 Å². The van der Waals surface area contributed by atoms with Crippen molar-refractivity contribution in [3.05, 3.63) is 16.0 Å². The summed E-state index contributed by atoms with van der Waals surface area (Å²) in [7, 11) is 3.95. The number of anilines is 1. The van der Waals surface area contributed by atoms with Gasteiger partial charge >= 0.3 is 17.9 Å². The van der Waals surface area contributed by atoms with E-state index in [9.17, 15) is 24.0 Å². The van der Waals surface area contributed by atoms with Crippen LogP contribution in [0.5, 0.6) is 0 Å². The minimum atomic E-state index is -0.456. The Morgan fingerprint density at radius 2 is 1.00 bits per heavy atom. The maximum atomic E-state index is 13.6. The summed E-state index contributed by atoms with van der Waals surface area (Å²) in [4.78, 5) is 71.2. The lowest BCUT2D eigenvalue weighted by Crippen LogP contribution is -2.35. The van der Waals surface area contributed by atoms with Crippen molar-refractivity contribution in [1.29, 1.82) is 0 Å². The lowest BCUT2D eigenvalue weighted by atomic mass is 10.0. The molecule has 1 aliphatic rings. The predicted octanol–water partition coefficient (Wildman–Crippen LogP) is 14.8. The van der Waals surface area contributed by atoms with E-state index in [4.69, 9.17) is 14.2 Å². The molecule has 0 radical (unpaired) electrons. The number of nitrogens with one attached hydrogen (secondary N) is 1. The molecule has 398 valence electrons. The van der Waals surface area contributed by atoms with Gasteiger partial charge in [-0.15, -0.1) is 11.3 Å². The van der Waals surface area contributed by atoms with Crippen LogP contribution in [0.2, 0.25) is 0 Å². The molecule has 1 N–H and O–H groups in total. The molecule has 2 rings (SSSR count). The van der Waals surface area contributed by atoms with Gasteiger partial charge in [-0.3, -0.25) is 19.2 Å². The second-order valence-electron chi connectivity index (χ2n) is 20.3. The van der Waals surface area contributed by atoms with Gasteiger partial charge in [-0.05, 0) is 110 Å². The molecule has 2 heterocycles. The SMILES string of the molecule is CCCCCCCCC(CCCCCCCC)OC(=O)CCCCC(=O)Nc1sc2c(c1C(=O)OCCCN(C)C)CCN(C(=O)CCCCC(=O)OC(CCCCCC)CCCCCCCC)C2. The van der Waals surface area contributed by atoms with Crippen LogP contribution >= 0.6 is 11.3 Å². The first-order chi connectivity index (χ1) is 33.5. The van der Waals surface area contributed by atoms with Crippen molar-refractivity contribution in [3.63, 3.8) is 0 Å². The minimum absolute atomic E-state index is 0.0157. The highest BCUT2D eigenvalue weighted by Crippen LogP contribution is 2.38. The number of ether oxygens (including phenoxy) is 3. The number of hydrogen-bond acceptors (Lipinski definition) is 10. The molecule has 1 aliphatic heterocycles. The fourth-order valence-electron chi connectivity index (χ4n) is 9.26. The fourth-order valence-corrected chi connectivity index (χ4v) is 10.5. The van der Waals surface area contributed by atoms with Crippen LogP contribution in [0.25, 0.3) is 0 Å². The fraction of sp³-hybridized carbons (Fsp3) is 0.842. The zero-order valence-electron chi connectivity index (χ0n) is 45.0. The van der Waals surface area contributed by atoms with Crippen LogP contribution in [-0.2, 0) is 46.4 Å². The van der Waals surface area contributed by atoms with Gasteiger partial charge in [-0.25, -0.2) is 4.79 Å². The Morgan fingerprint density at radius 1 is 0.565 bits per heavy atom. The van der Waals surface area contributed by atoms with Crippen LogP contribution in [0.15, 0.2) is 0 Å². The first kappa shape index (κ1) is 62.1. The molecule has 0 saturated heterocycles. The van der Waals surface area contributed by atoms with Crippen molar-refractivity contribution in [2.75, 3.05) is 39.1 Å². The third kappa shape index (κ3) is 29.8. The Kier molecular flexibility index (Phi) is 36.5. The highest BCUT2D eigenvalue weighted by atomic mass is 32.1. The van der Waals surface area contributed by atoms with Crippen molar-refractivity contribution in [3.8, 4) is 0 Å². The molecular formula is C57H101N3O8S. The van der Waals surface area contributed by atoms with E-state index in [1.54, 1.807) is 0 Å². The van der Waals surface area contributed by atoms with Crippen LogP contribution in [0.3, 0.4) is 0 Å². The molecular weight excluding hydrogens is 887 g/mol. The number of nitrogens with zero attached hydrogens (tertiary/aromatic N) is 2. The van der Waals surface area contributed by atoms with Gasteiger partial charge in [0.15, 0.2) is 0 Å². The molecule has 69 heavy (non-hydrogen) atoms. The highest BCUT2D eigenvalue weighted by molar-refractivity contribution is 7.17. The van der Waals surface area contributed by atoms with Gasteiger partial charge in [0, 0.05) is 43.6 Å². The number of rotatable bonds is 44. The molecule has 0 aromatic carbocycles. The Hall–Kier alpha value is -2.99. The molecule has 1 unspecified atom stereocenters. The summed E-state index contributed by atoms with van der Waals surface area (Å²) in [6, 6.07) is 0. The Bertz CT molecular complexity index is 1520. The first-order valence-corrected chi connectivity index (χ1v) is 29.3. The number of carbonyl (C=O) groups excluding carboxylic acids is 5. The molecule has 0 spiro atoms. The molecule has 12 heteroatoms. The number of amides is 2. The standard InChI is InChI=1S/C57H101N3O8S/c1-7-11-15-19-22-26-35-47(34-25-18-14-10-4)67-54(64)41-32-30-39-52(62)60-44-42-49-50(46-60)69-56(55(49)57(65)66-45-33-43-59(5)6)58-51(61)38-29-31-40-53(63)68-48(36-27-23-20-16-12-8-2)37-28-24-21-17-13-9-3/h47-48H,7-46H2,1-6H3,(H,58,61). The molecule has 0 fully saturated rings. The zero-order valence-corrected chi connectivity index (χ0v) is 45.8. The number of fused-ring (bicyclic) bond motifs is 1. The van der Waals surface area contributed by atoms with Gasteiger partial charge < -0.3 is 29.3 Å². The normalized spacial score (nSPS) is 12.9. The van der Waals surface area contributed by atoms with Crippen molar-refractivity contribution >= 4 is 46.1 Å². The summed E-state index contributed by atoms with van der Waals surface area (Å²) >= 11 is 1.34. The van der Waals surface area contributed by atoms with E-state index in [0.29, 0.717) is 75.0 Å². The number of esters is 3. The van der Waals surface area contributed by atoms with Crippen LogP contribution in [0.4, 0.5) is 5.00 Å². The Morgan fingerprint density at radius 3 is 1.48 bits per heavy atom. The van der Waals surface area contributed by atoms with Crippen LogP contribution in [-0.4, -0.2) is 85.5 Å². The van der Waals surface area contributed by atoms with Gasteiger partial charge in [0.05, 0.1) is 18.7 Å². The van der Waals surface area contributed by atoms with Crippen molar-refractivity contribution in [1.82, 2.24) is 9.80 Å². The van der Waals surface area contributed by atoms with E-state index in [2.05, 4.69) is 33.0 Å². The van der Waals surface area contributed by atoms with E-state index in [-0.39, 0.29) is 55.4 Å². The van der Waals surface area contributed by atoms with Gasteiger partial charge in [-0.1, -0.05) is 143 Å². The first-order valence-electron chi connectivity index (χ1n) is 28.5. The van der Waals surface area contributed by atoms with Crippen LogP contribution in [0.1, 0.15) is 273 Å². The summed E-state index contributed by atoms with van der Waals surface area (Å²) in [6.07, 6.45) is 34.8. The number of carbonyl (C=O) groups is 5. The van der Waals surface area contributed by atoms with Gasteiger partial charge in [0.1, 0.15) is 17.2 Å². The number of unbranched alkanes of at least 4 members (excludes halogenated alkanes) is 20. The summed E-state index contributed by atoms with van der Waals surface area (Å²) in [5.74, 6) is -0.992. The predicted molar refractivity (Wildman–Crippen MR) is 285 cm³/mol. The quantitative estimate of drug-likeness (QED) is 0.0386. The average molecular weight is 989 g/mol. The molecule has 2 amide bonds. The third-order valence-electron chi connectivity index (χ3n) is 13.5. The maximum absolute atomic E-state index is 13.6. The van der Waals surface area contributed by atoms with E-state index < -0.39 is 5.97 Å². The van der Waals surface area contributed by atoms with E-state index >= 15 is 0 Å². The van der Waals surface area contributed by atoms with E-state index in [1.165, 1.54) is 127 Å². The number of thiophene rings is 1. The lowest BCUT2D eigenvalue weighted by Gasteiger charge is -2.27. The molecule has 11 nitrogen and oxygen atoms in total. The summed E-state index contributed by atoms with van der Waals surface area (Å²) in [5, 5.41) is 3.48. The highest BCUT2D eigenvalue weighted by Gasteiger charge is 2.31. The second-order valence-corrected chi connectivity index (χ2v) is 21.4. The molecule has 1 aromatic heterocycles. The van der Waals surface area contributed by atoms with E-state index in [1.807, 2.05) is 23.9 Å². The summed E-state index contributed by atoms with van der Waals surface area (Å²) in [5.41, 5.74) is 1.23. The van der Waals surface area contributed by atoms with Crippen LogP contribution in [0, 0.1) is 0 Å². The molecule has 1 atom stereocenters. The lowest BCUT2D eigenvalue weighted by molar-refractivity contribution is -0.151. The molecule has 0 bridgehead atoms. The van der Waals surface area contributed by atoms with Crippen LogP contribution < -0.4 is 5.32 Å². The second kappa shape index (κ2) is 40.6. The monoisotopic (exact) mass is 988 g/mol. The van der Waals surface area contributed by atoms with Crippen molar-refractivity contribution in [2.24, 2.45) is 0 Å². The summed E-state index contributed by atoms with van der Waals surface area (Å²) in [6.45, 7) is 10.8. The number of hydrogen-bond donors (Lipinski definition) is 1. The molecule has 0 saturated carbocycles. The third-order valence-corrected chi connectivity index (χ3v) is 14.7. The topological polar surface area (TPSA) is 132 Å². The largest absolute Gasteiger partial charge is 0.462 e. The van der Waals surface area contributed by atoms with E-state index in [0.717, 1.165) is 68.4 Å². The smallest absolute Gasteiger partial charge is 0.341 e. The summed E-state index contributed by atoms with van der Waals surface area (Å²) < 4.78 is 17.8. The Balaban J connectivity index is 1.94. The van der Waals surface area contributed by atoms with Crippen molar-refractivity contribution < 1.29 is 38.2 Å². The minimum Gasteiger partial charge on any atom is -0.462 e. The molecule has 1 aromatic rings. The molecule has 0 aliphatic carbocycles. The van der Waals surface area contributed by atoms with Crippen molar-refractivity contribution in [2.45, 2.75) is 278 Å². The van der Waals surface area contributed by atoms with Gasteiger partial charge in [0.2, 0.25) is 11.8 Å². The van der Waals surface area contributed by atoms with Gasteiger partial charge in [-0.2, -0.15) is 0 Å². The zero-order chi connectivity index (χ0) is 50.3. The maximum Gasteiger partial charge on any atom is 0.341 e. The average Bonchev–Trinajstić information content (AvgIpc) is 3.69. The van der Waals surface area contributed by atoms with Gasteiger partial charge in [0.25, 0.3) is 0 Å².